The van der Waals surface area contributed by atoms with E-state index in [0.717, 1.165) is 16.8 Å². The zero-order chi connectivity index (χ0) is 14.1. The molecule has 0 saturated carbocycles. The minimum atomic E-state index is 0.214. The van der Waals surface area contributed by atoms with Crippen molar-refractivity contribution < 1.29 is 4.42 Å². The minimum absolute atomic E-state index is 0.214. The lowest BCUT2D eigenvalue weighted by molar-refractivity contribution is 0.620. The molecule has 1 aromatic heterocycles. The highest BCUT2D eigenvalue weighted by Crippen LogP contribution is 2.27. The van der Waals surface area contributed by atoms with Crippen molar-refractivity contribution in [2.24, 2.45) is 5.73 Å². The van der Waals surface area contributed by atoms with E-state index >= 15 is 0 Å². The average Bonchev–Trinajstić information content (AvgIpc) is 2.81. The fourth-order valence-electron chi connectivity index (χ4n) is 1.90. The Kier molecular flexibility index (Phi) is 3.30. The maximum atomic E-state index is 5.94. The highest BCUT2D eigenvalue weighted by Gasteiger charge is 2.09. The Morgan fingerprint density at radius 3 is 2.90 bits per heavy atom. The molecule has 100 valence electrons. The van der Waals surface area contributed by atoms with Gasteiger partial charge < -0.3 is 15.5 Å². The Bertz CT molecular complexity index is 800. The van der Waals surface area contributed by atoms with Crippen LogP contribution in [0.25, 0.3) is 22.6 Å². The average molecular weight is 304 g/mol. The molecule has 0 fully saturated rings. The maximum absolute atomic E-state index is 5.94. The summed E-state index contributed by atoms with van der Waals surface area (Å²) in [5.74, 6) is 0.522. The van der Waals surface area contributed by atoms with Crippen molar-refractivity contribution in [1.82, 2.24) is 4.98 Å². The van der Waals surface area contributed by atoms with Gasteiger partial charge in [-0.25, -0.2) is 4.98 Å². The van der Waals surface area contributed by atoms with E-state index in [1.807, 2.05) is 24.3 Å². The van der Waals surface area contributed by atoms with E-state index in [1.54, 1.807) is 18.2 Å². The van der Waals surface area contributed by atoms with E-state index in [1.165, 1.54) is 0 Å². The van der Waals surface area contributed by atoms with E-state index in [9.17, 15) is 0 Å². The summed E-state index contributed by atoms with van der Waals surface area (Å²) in [4.78, 5) is 4.42. The summed E-state index contributed by atoms with van der Waals surface area (Å²) in [5, 5.41) is 3.72. The molecule has 0 amide bonds. The Hall–Kier alpha value is -2.11. The van der Waals surface area contributed by atoms with Crippen LogP contribution in [-0.2, 0) is 0 Å². The van der Waals surface area contributed by atoms with Crippen LogP contribution >= 0.6 is 23.8 Å². The van der Waals surface area contributed by atoms with Crippen LogP contribution in [0.5, 0.6) is 0 Å². The number of anilines is 1. The second kappa shape index (κ2) is 5.11. The largest absolute Gasteiger partial charge is 0.436 e. The van der Waals surface area contributed by atoms with Crippen LogP contribution in [-0.4, -0.2) is 10.1 Å². The van der Waals surface area contributed by atoms with E-state index in [2.05, 4.69) is 10.3 Å². The van der Waals surface area contributed by atoms with Gasteiger partial charge in [-0.05, 0) is 48.6 Å². The number of hydrogen-bond acceptors (Lipinski definition) is 3. The van der Waals surface area contributed by atoms with Crippen LogP contribution < -0.4 is 11.1 Å². The second-order valence-corrected chi connectivity index (χ2v) is 5.08. The summed E-state index contributed by atoms with van der Waals surface area (Å²) in [6.45, 7) is 0. The molecule has 0 spiro atoms. The molecule has 0 aliphatic heterocycles. The predicted molar refractivity (Wildman–Crippen MR) is 84.9 cm³/mol. The van der Waals surface area contributed by atoms with Gasteiger partial charge in [0.15, 0.2) is 10.7 Å². The first-order valence-electron chi connectivity index (χ1n) is 5.85. The topological polar surface area (TPSA) is 64.1 Å². The van der Waals surface area contributed by atoms with Crippen molar-refractivity contribution in [1.29, 1.82) is 0 Å². The molecule has 4 nitrogen and oxygen atoms in total. The minimum Gasteiger partial charge on any atom is -0.436 e. The quantitative estimate of drug-likeness (QED) is 0.705. The first-order valence-corrected chi connectivity index (χ1v) is 6.63. The summed E-state index contributed by atoms with van der Waals surface area (Å²) >= 11 is 10.8. The van der Waals surface area contributed by atoms with Crippen molar-refractivity contribution in [2.75, 3.05) is 5.32 Å². The van der Waals surface area contributed by atoms with Crippen molar-refractivity contribution in [2.45, 2.75) is 0 Å². The standard InChI is InChI=1S/C14H10ClN3OS/c15-9-4-5-12-11(7-9)18-13(19-12)8-2-1-3-10(6-8)17-14(16)20/h1-7H,(H3,16,17,20). The van der Waals surface area contributed by atoms with Gasteiger partial charge in [-0.2, -0.15) is 0 Å². The van der Waals surface area contributed by atoms with Crippen LogP contribution in [0.15, 0.2) is 46.9 Å². The van der Waals surface area contributed by atoms with Gasteiger partial charge in [-0.1, -0.05) is 17.7 Å². The number of benzene rings is 2. The fourth-order valence-corrected chi connectivity index (χ4v) is 2.18. The molecule has 0 saturated heterocycles. The molecule has 0 radical (unpaired) electrons. The number of nitrogens with zero attached hydrogens (tertiary/aromatic N) is 1. The summed E-state index contributed by atoms with van der Waals surface area (Å²) in [7, 11) is 0. The number of halogens is 1. The summed E-state index contributed by atoms with van der Waals surface area (Å²) in [6.07, 6.45) is 0. The van der Waals surface area contributed by atoms with Crippen LogP contribution in [0.2, 0.25) is 5.02 Å². The first-order chi connectivity index (χ1) is 9.61. The third-order valence-electron chi connectivity index (χ3n) is 2.73. The van der Waals surface area contributed by atoms with E-state index in [4.69, 9.17) is 34.0 Å². The predicted octanol–water partition coefficient (Wildman–Crippen LogP) is 3.80. The molecule has 3 rings (SSSR count). The smallest absolute Gasteiger partial charge is 0.227 e. The molecular formula is C14H10ClN3OS. The lowest BCUT2D eigenvalue weighted by atomic mass is 10.2. The zero-order valence-electron chi connectivity index (χ0n) is 10.3. The van der Waals surface area contributed by atoms with E-state index < -0.39 is 0 Å². The maximum Gasteiger partial charge on any atom is 0.227 e. The van der Waals surface area contributed by atoms with E-state index in [-0.39, 0.29) is 5.11 Å². The molecule has 2 aromatic carbocycles. The van der Waals surface area contributed by atoms with Gasteiger partial charge in [0, 0.05) is 16.3 Å². The third-order valence-corrected chi connectivity index (χ3v) is 3.06. The molecule has 0 atom stereocenters. The first kappa shape index (κ1) is 12.9. The second-order valence-electron chi connectivity index (χ2n) is 4.20. The normalized spacial score (nSPS) is 10.7. The van der Waals surface area contributed by atoms with Gasteiger partial charge >= 0.3 is 0 Å². The fraction of sp³-hybridized carbons (Fsp3) is 0. The molecular weight excluding hydrogens is 294 g/mol. The molecule has 3 N–H and O–H groups in total. The highest BCUT2D eigenvalue weighted by molar-refractivity contribution is 7.80. The van der Waals surface area contributed by atoms with Crippen molar-refractivity contribution >= 4 is 45.7 Å². The van der Waals surface area contributed by atoms with Crippen molar-refractivity contribution in [3.8, 4) is 11.5 Å². The Labute approximate surface area is 125 Å². The number of nitrogens with one attached hydrogen (secondary N) is 1. The number of thiocarbonyl (C=S) groups is 1. The van der Waals surface area contributed by atoms with Gasteiger partial charge in [-0.15, -0.1) is 0 Å². The Balaban J connectivity index is 2.03. The molecule has 0 aliphatic rings. The number of nitrogens with two attached hydrogens (primary N) is 1. The highest BCUT2D eigenvalue weighted by atomic mass is 35.5. The van der Waals surface area contributed by atoms with Gasteiger partial charge in [0.2, 0.25) is 5.89 Å². The lowest BCUT2D eigenvalue weighted by Gasteiger charge is -2.04. The summed E-state index contributed by atoms with van der Waals surface area (Å²) < 4.78 is 5.71. The third kappa shape index (κ3) is 2.59. The SMILES string of the molecule is NC(=S)Nc1cccc(-c2nc3cc(Cl)ccc3o2)c1. The number of hydrogen-bond donors (Lipinski definition) is 2. The van der Waals surface area contributed by atoms with Crippen LogP contribution in [0.3, 0.4) is 0 Å². The molecule has 1 heterocycles. The van der Waals surface area contributed by atoms with Crippen molar-refractivity contribution in [3.63, 3.8) is 0 Å². The molecule has 3 aromatic rings. The van der Waals surface area contributed by atoms with Crippen LogP contribution in [0, 0.1) is 0 Å². The molecule has 0 bridgehead atoms. The monoisotopic (exact) mass is 303 g/mol. The summed E-state index contributed by atoms with van der Waals surface area (Å²) in [6, 6.07) is 12.8. The van der Waals surface area contributed by atoms with Gasteiger partial charge in [0.05, 0.1) is 0 Å². The number of fused-ring (bicyclic) bond motifs is 1. The summed E-state index contributed by atoms with van der Waals surface area (Å²) in [5.41, 5.74) is 8.49. The van der Waals surface area contributed by atoms with Gasteiger partial charge in [-0.3, -0.25) is 0 Å². The molecule has 0 aliphatic carbocycles. The van der Waals surface area contributed by atoms with Gasteiger partial charge in [0.1, 0.15) is 5.52 Å². The molecule has 20 heavy (non-hydrogen) atoms. The molecule has 0 unspecified atom stereocenters. The number of aromatic nitrogens is 1. The number of oxazole rings is 1. The lowest BCUT2D eigenvalue weighted by Crippen LogP contribution is -2.18. The van der Waals surface area contributed by atoms with Gasteiger partial charge in [0.25, 0.3) is 0 Å². The Morgan fingerprint density at radius 1 is 1.25 bits per heavy atom. The Morgan fingerprint density at radius 2 is 2.10 bits per heavy atom. The zero-order valence-corrected chi connectivity index (χ0v) is 11.8. The van der Waals surface area contributed by atoms with Crippen LogP contribution in [0.1, 0.15) is 0 Å². The van der Waals surface area contributed by atoms with E-state index in [0.29, 0.717) is 16.5 Å². The molecule has 6 heteroatoms. The number of rotatable bonds is 2. The van der Waals surface area contributed by atoms with Crippen molar-refractivity contribution in [3.05, 3.63) is 47.5 Å². The van der Waals surface area contributed by atoms with Crippen LogP contribution in [0.4, 0.5) is 5.69 Å².